The molecule has 2 N–H and O–H groups in total. The SMILES string of the molecule is COC(=O)c1sccc1NC(=O)NCCCl. The summed E-state index contributed by atoms with van der Waals surface area (Å²) in [4.78, 5) is 23.0. The van der Waals surface area contributed by atoms with Crippen molar-refractivity contribution in [3.63, 3.8) is 0 Å². The molecule has 1 rings (SSSR count). The second-order valence-electron chi connectivity index (χ2n) is 2.72. The van der Waals surface area contributed by atoms with E-state index in [0.29, 0.717) is 23.0 Å². The summed E-state index contributed by atoms with van der Waals surface area (Å²) < 4.78 is 4.58. The van der Waals surface area contributed by atoms with Gasteiger partial charge in [0.05, 0.1) is 12.8 Å². The van der Waals surface area contributed by atoms with E-state index in [9.17, 15) is 9.59 Å². The molecule has 0 spiro atoms. The number of ether oxygens (including phenoxy) is 1. The number of rotatable bonds is 4. The number of carbonyl (C=O) groups is 2. The van der Waals surface area contributed by atoms with Crippen LogP contribution >= 0.6 is 22.9 Å². The summed E-state index contributed by atoms with van der Waals surface area (Å²) in [6.07, 6.45) is 0. The Bertz CT molecular complexity index is 381. The van der Waals surface area contributed by atoms with E-state index < -0.39 is 12.0 Å². The molecule has 0 fully saturated rings. The van der Waals surface area contributed by atoms with Crippen LogP contribution in [0.15, 0.2) is 11.4 Å². The van der Waals surface area contributed by atoms with Crippen LogP contribution in [0.5, 0.6) is 0 Å². The number of methoxy groups -OCH3 is 1. The van der Waals surface area contributed by atoms with Crippen LogP contribution in [-0.4, -0.2) is 31.5 Å². The van der Waals surface area contributed by atoms with Crippen molar-refractivity contribution in [1.29, 1.82) is 0 Å². The molecule has 1 heterocycles. The van der Waals surface area contributed by atoms with Crippen molar-refractivity contribution in [1.82, 2.24) is 5.32 Å². The van der Waals surface area contributed by atoms with E-state index >= 15 is 0 Å². The average Bonchev–Trinajstić information content (AvgIpc) is 2.73. The molecule has 0 aliphatic carbocycles. The molecule has 0 radical (unpaired) electrons. The summed E-state index contributed by atoms with van der Waals surface area (Å²) in [6.45, 7) is 0.366. The molecule has 0 aliphatic rings. The van der Waals surface area contributed by atoms with Crippen LogP contribution in [0.25, 0.3) is 0 Å². The number of hydrogen-bond acceptors (Lipinski definition) is 4. The Morgan fingerprint density at radius 1 is 1.56 bits per heavy atom. The number of anilines is 1. The number of alkyl halides is 1. The third kappa shape index (κ3) is 3.39. The zero-order chi connectivity index (χ0) is 12.0. The fourth-order valence-electron chi connectivity index (χ4n) is 0.986. The molecule has 0 bridgehead atoms. The highest BCUT2D eigenvalue weighted by atomic mass is 35.5. The molecular formula is C9H11ClN2O3S. The van der Waals surface area contributed by atoms with Crippen molar-refractivity contribution < 1.29 is 14.3 Å². The van der Waals surface area contributed by atoms with E-state index in [1.54, 1.807) is 11.4 Å². The lowest BCUT2D eigenvalue weighted by Crippen LogP contribution is -2.30. The molecule has 1 aromatic rings. The van der Waals surface area contributed by atoms with Gasteiger partial charge < -0.3 is 15.4 Å². The summed E-state index contributed by atoms with van der Waals surface area (Å²) in [5, 5.41) is 6.76. The predicted octanol–water partition coefficient (Wildman–Crippen LogP) is 1.89. The highest BCUT2D eigenvalue weighted by molar-refractivity contribution is 7.12. The molecule has 0 aliphatic heterocycles. The number of nitrogens with one attached hydrogen (secondary N) is 2. The van der Waals surface area contributed by atoms with Gasteiger partial charge in [-0.2, -0.15) is 0 Å². The number of thiophene rings is 1. The van der Waals surface area contributed by atoms with Gasteiger partial charge in [0.1, 0.15) is 4.88 Å². The number of esters is 1. The van der Waals surface area contributed by atoms with Gasteiger partial charge in [-0.3, -0.25) is 0 Å². The lowest BCUT2D eigenvalue weighted by atomic mass is 10.4. The van der Waals surface area contributed by atoms with E-state index in [1.165, 1.54) is 18.4 Å². The molecule has 0 atom stereocenters. The predicted molar refractivity (Wildman–Crippen MR) is 63.4 cm³/mol. The summed E-state index contributed by atoms with van der Waals surface area (Å²) >= 11 is 6.62. The molecule has 2 amide bonds. The maximum absolute atomic E-state index is 11.3. The maximum Gasteiger partial charge on any atom is 0.350 e. The van der Waals surface area contributed by atoms with Crippen LogP contribution < -0.4 is 10.6 Å². The second-order valence-corrected chi connectivity index (χ2v) is 4.02. The summed E-state index contributed by atoms with van der Waals surface area (Å²) in [7, 11) is 1.29. The van der Waals surface area contributed by atoms with Crippen molar-refractivity contribution in [2.45, 2.75) is 0 Å². The van der Waals surface area contributed by atoms with E-state index in [2.05, 4.69) is 15.4 Å². The first-order valence-electron chi connectivity index (χ1n) is 4.45. The van der Waals surface area contributed by atoms with E-state index in [1.807, 2.05) is 0 Å². The van der Waals surface area contributed by atoms with Gasteiger partial charge in [-0.1, -0.05) is 0 Å². The molecule has 0 saturated heterocycles. The first-order chi connectivity index (χ1) is 7.69. The van der Waals surface area contributed by atoms with Crippen LogP contribution in [-0.2, 0) is 4.74 Å². The smallest absolute Gasteiger partial charge is 0.350 e. The fourth-order valence-corrected chi connectivity index (χ4v) is 1.85. The van der Waals surface area contributed by atoms with Gasteiger partial charge in [0.25, 0.3) is 0 Å². The Hall–Kier alpha value is -1.27. The largest absolute Gasteiger partial charge is 0.465 e. The molecule has 0 saturated carbocycles. The molecule has 0 unspecified atom stereocenters. The number of urea groups is 1. The highest BCUT2D eigenvalue weighted by Gasteiger charge is 2.14. The van der Waals surface area contributed by atoms with Gasteiger partial charge in [-0.25, -0.2) is 9.59 Å². The summed E-state index contributed by atoms with van der Waals surface area (Å²) in [6, 6.07) is 1.24. The Morgan fingerprint density at radius 2 is 2.31 bits per heavy atom. The monoisotopic (exact) mass is 262 g/mol. The van der Waals surface area contributed by atoms with Crippen molar-refractivity contribution >= 4 is 40.6 Å². The van der Waals surface area contributed by atoms with Crippen LogP contribution in [0.2, 0.25) is 0 Å². The standard InChI is InChI=1S/C9H11ClN2O3S/c1-15-8(13)7-6(2-5-16-7)12-9(14)11-4-3-10/h2,5H,3-4H2,1H3,(H2,11,12,14). The Morgan fingerprint density at radius 3 is 2.94 bits per heavy atom. The van der Waals surface area contributed by atoms with Gasteiger partial charge in [0.2, 0.25) is 0 Å². The minimum absolute atomic E-state index is 0.334. The zero-order valence-corrected chi connectivity index (χ0v) is 10.2. The second kappa shape index (κ2) is 6.34. The quantitative estimate of drug-likeness (QED) is 0.643. The molecule has 7 heteroatoms. The topological polar surface area (TPSA) is 67.4 Å². The minimum Gasteiger partial charge on any atom is -0.465 e. The van der Waals surface area contributed by atoms with Crippen molar-refractivity contribution in [3.05, 3.63) is 16.3 Å². The molecule has 0 aromatic carbocycles. The van der Waals surface area contributed by atoms with Gasteiger partial charge in [0, 0.05) is 12.4 Å². The molecular weight excluding hydrogens is 252 g/mol. The van der Waals surface area contributed by atoms with E-state index in [0.717, 1.165) is 0 Å². The van der Waals surface area contributed by atoms with Crippen molar-refractivity contribution in [3.8, 4) is 0 Å². The average molecular weight is 263 g/mol. The third-order valence-electron chi connectivity index (χ3n) is 1.66. The fraction of sp³-hybridized carbons (Fsp3) is 0.333. The molecule has 16 heavy (non-hydrogen) atoms. The molecule has 1 aromatic heterocycles. The number of amides is 2. The first-order valence-corrected chi connectivity index (χ1v) is 5.87. The summed E-state index contributed by atoms with van der Waals surface area (Å²) in [5.74, 6) is -0.136. The lowest BCUT2D eigenvalue weighted by Gasteiger charge is -2.06. The number of halogens is 1. The van der Waals surface area contributed by atoms with Gasteiger partial charge in [0.15, 0.2) is 0 Å². The minimum atomic E-state index is -0.470. The van der Waals surface area contributed by atoms with E-state index in [-0.39, 0.29) is 0 Å². The molecule has 5 nitrogen and oxygen atoms in total. The van der Waals surface area contributed by atoms with Crippen LogP contribution in [0.4, 0.5) is 10.5 Å². The van der Waals surface area contributed by atoms with Crippen LogP contribution in [0.1, 0.15) is 9.67 Å². The van der Waals surface area contributed by atoms with Gasteiger partial charge >= 0.3 is 12.0 Å². The summed E-state index contributed by atoms with van der Waals surface area (Å²) in [5.41, 5.74) is 0.434. The first kappa shape index (κ1) is 12.8. The van der Waals surface area contributed by atoms with E-state index in [4.69, 9.17) is 11.6 Å². The van der Waals surface area contributed by atoms with Crippen molar-refractivity contribution in [2.24, 2.45) is 0 Å². The highest BCUT2D eigenvalue weighted by Crippen LogP contribution is 2.22. The van der Waals surface area contributed by atoms with Crippen molar-refractivity contribution in [2.75, 3.05) is 24.9 Å². The number of hydrogen-bond donors (Lipinski definition) is 2. The Balaban J connectivity index is 2.63. The number of carbonyl (C=O) groups excluding carboxylic acids is 2. The Labute approximate surface area is 102 Å². The van der Waals surface area contributed by atoms with Crippen LogP contribution in [0, 0.1) is 0 Å². The Kier molecular flexibility index (Phi) is 5.07. The molecule has 88 valence electrons. The zero-order valence-electron chi connectivity index (χ0n) is 8.58. The van der Waals surface area contributed by atoms with Gasteiger partial charge in [-0.15, -0.1) is 22.9 Å². The third-order valence-corrected chi connectivity index (χ3v) is 2.75. The maximum atomic E-state index is 11.3. The normalized spacial score (nSPS) is 9.62. The van der Waals surface area contributed by atoms with Crippen LogP contribution in [0.3, 0.4) is 0 Å². The van der Waals surface area contributed by atoms with Gasteiger partial charge in [-0.05, 0) is 11.4 Å². The lowest BCUT2D eigenvalue weighted by molar-refractivity contribution is 0.0607.